The van der Waals surface area contributed by atoms with Crippen LogP contribution in [0.1, 0.15) is 29.8 Å². The van der Waals surface area contributed by atoms with Crippen LogP contribution in [0.3, 0.4) is 0 Å². The number of nitrogens with zero attached hydrogens (tertiary/aromatic N) is 1. The number of pyridine rings is 1. The van der Waals surface area contributed by atoms with E-state index in [1.165, 1.54) is 6.20 Å². The van der Waals surface area contributed by atoms with Crippen LogP contribution in [0.25, 0.3) is 0 Å². The highest BCUT2D eigenvalue weighted by molar-refractivity contribution is 6.32. The van der Waals surface area contributed by atoms with Gasteiger partial charge in [-0.2, -0.15) is 0 Å². The molecule has 0 atom stereocenters. The summed E-state index contributed by atoms with van der Waals surface area (Å²) in [7, 11) is 0. The first-order chi connectivity index (χ1) is 6.13. The molecule has 0 fully saturated rings. The molecule has 0 spiro atoms. The molecule has 0 aliphatic carbocycles. The van der Waals surface area contributed by atoms with Crippen LogP contribution in [-0.2, 0) is 0 Å². The Labute approximate surface area is 82.4 Å². The lowest BCUT2D eigenvalue weighted by molar-refractivity contribution is 0.0696. The minimum Gasteiger partial charge on any atom is -0.478 e. The van der Waals surface area contributed by atoms with E-state index in [1.54, 1.807) is 13.0 Å². The molecule has 0 saturated carbocycles. The third kappa shape index (κ3) is 3.03. The first-order valence-corrected chi connectivity index (χ1v) is 4.35. The first-order valence-electron chi connectivity index (χ1n) is 3.97. The summed E-state index contributed by atoms with van der Waals surface area (Å²) < 4.78 is 0. The fourth-order valence-corrected chi connectivity index (χ4v) is 1.07. The van der Waals surface area contributed by atoms with E-state index in [2.05, 4.69) is 4.98 Å². The van der Waals surface area contributed by atoms with Gasteiger partial charge in [0.15, 0.2) is 0 Å². The van der Waals surface area contributed by atoms with Crippen LogP contribution < -0.4 is 0 Å². The van der Waals surface area contributed by atoms with Crippen molar-refractivity contribution in [3.05, 3.63) is 28.5 Å². The minimum atomic E-state index is -1.04. The van der Waals surface area contributed by atoms with Crippen molar-refractivity contribution in [2.45, 2.75) is 20.8 Å². The van der Waals surface area contributed by atoms with Crippen LogP contribution in [0.4, 0.5) is 0 Å². The Morgan fingerprint density at radius 2 is 2.08 bits per heavy atom. The highest BCUT2D eigenvalue weighted by Gasteiger charge is 2.11. The van der Waals surface area contributed by atoms with Crippen LogP contribution >= 0.6 is 11.6 Å². The van der Waals surface area contributed by atoms with E-state index < -0.39 is 5.97 Å². The smallest absolute Gasteiger partial charge is 0.339 e. The zero-order valence-corrected chi connectivity index (χ0v) is 8.59. The molecular weight excluding hydrogens is 190 g/mol. The van der Waals surface area contributed by atoms with Gasteiger partial charge in [-0.05, 0) is 18.6 Å². The van der Waals surface area contributed by atoms with E-state index >= 15 is 0 Å². The van der Waals surface area contributed by atoms with Crippen molar-refractivity contribution in [3.63, 3.8) is 0 Å². The van der Waals surface area contributed by atoms with Crippen molar-refractivity contribution in [1.82, 2.24) is 4.98 Å². The number of aryl methyl sites for hydroxylation is 1. The quantitative estimate of drug-likeness (QED) is 0.711. The molecule has 72 valence electrons. The lowest BCUT2D eigenvalue weighted by Crippen LogP contribution is -2.01. The fourth-order valence-electron chi connectivity index (χ4n) is 0.782. The normalized spacial score (nSPS) is 8.62. The average Bonchev–Trinajstić information content (AvgIpc) is 2.07. The van der Waals surface area contributed by atoms with Gasteiger partial charge >= 0.3 is 5.97 Å². The third-order valence-corrected chi connectivity index (χ3v) is 1.61. The summed E-state index contributed by atoms with van der Waals surface area (Å²) in [6.07, 6.45) is 1.48. The largest absolute Gasteiger partial charge is 0.478 e. The van der Waals surface area contributed by atoms with Gasteiger partial charge in [-0.15, -0.1) is 0 Å². The van der Waals surface area contributed by atoms with Gasteiger partial charge in [0, 0.05) is 6.20 Å². The molecule has 0 aliphatic rings. The van der Waals surface area contributed by atoms with Gasteiger partial charge in [0.05, 0.1) is 5.56 Å². The van der Waals surface area contributed by atoms with Gasteiger partial charge in [0.2, 0.25) is 0 Å². The van der Waals surface area contributed by atoms with Crippen LogP contribution in [-0.4, -0.2) is 16.1 Å². The Kier molecular flexibility index (Phi) is 5.07. The molecule has 0 aliphatic heterocycles. The Morgan fingerprint density at radius 3 is 2.38 bits per heavy atom. The maximum atomic E-state index is 10.5. The maximum Gasteiger partial charge on any atom is 0.339 e. The minimum absolute atomic E-state index is 0.0394. The van der Waals surface area contributed by atoms with Crippen LogP contribution in [0, 0.1) is 6.92 Å². The summed E-state index contributed by atoms with van der Waals surface area (Å²) in [5.74, 6) is -1.04. The molecule has 0 saturated heterocycles. The number of rotatable bonds is 1. The number of hydrogen-bond acceptors (Lipinski definition) is 2. The molecule has 0 amide bonds. The molecule has 3 nitrogen and oxygen atoms in total. The summed E-state index contributed by atoms with van der Waals surface area (Å²) in [5, 5.41) is 8.66. The van der Waals surface area contributed by atoms with Gasteiger partial charge < -0.3 is 5.11 Å². The van der Waals surface area contributed by atoms with E-state index in [9.17, 15) is 4.79 Å². The molecular formula is C9H12ClNO2. The van der Waals surface area contributed by atoms with Crippen molar-refractivity contribution >= 4 is 17.6 Å². The van der Waals surface area contributed by atoms with E-state index in [0.29, 0.717) is 5.56 Å². The highest BCUT2D eigenvalue weighted by atomic mass is 35.5. The summed E-state index contributed by atoms with van der Waals surface area (Å²) in [6.45, 7) is 5.68. The van der Waals surface area contributed by atoms with Crippen LogP contribution in [0.5, 0.6) is 0 Å². The lowest BCUT2D eigenvalue weighted by atomic mass is 10.2. The van der Waals surface area contributed by atoms with Crippen molar-refractivity contribution in [2.75, 3.05) is 0 Å². The van der Waals surface area contributed by atoms with E-state index in [-0.39, 0.29) is 10.7 Å². The standard InChI is InChI=1S/C7H6ClNO2.C2H6/c1-4-2-3-9-6(8)5(4)7(10)11;1-2/h2-3H,1H3,(H,10,11);1-2H3. The number of aromatic carboxylic acids is 1. The Hall–Kier alpha value is -1.09. The number of halogens is 1. The Morgan fingerprint density at radius 1 is 1.54 bits per heavy atom. The third-order valence-electron chi connectivity index (χ3n) is 1.33. The average molecular weight is 202 g/mol. The van der Waals surface area contributed by atoms with Crippen molar-refractivity contribution in [3.8, 4) is 0 Å². The second-order valence-corrected chi connectivity index (χ2v) is 2.46. The predicted octanol–water partition coefficient (Wildman–Crippen LogP) is 2.77. The lowest BCUT2D eigenvalue weighted by Gasteiger charge is -1.99. The molecule has 1 aromatic rings. The van der Waals surface area contributed by atoms with Crippen LogP contribution in [0.15, 0.2) is 12.3 Å². The maximum absolute atomic E-state index is 10.5. The van der Waals surface area contributed by atoms with Gasteiger partial charge in [-0.25, -0.2) is 9.78 Å². The number of aromatic nitrogens is 1. The van der Waals surface area contributed by atoms with Gasteiger partial charge in [0.1, 0.15) is 5.15 Å². The monoisotopic (exact) mass is 201 g/mol. The Bertz CT molecular complexity index is 279. The molecule has 0 bridgehead atoms. The van der Waals surface area contributed by atoms with Crippen molar-refractivity contribution < 1.29 is 9.90 Å². The molecule has 13 heavy (non-hydrogen) atoms. The molecule has 0 unspecified atom stereocenters. The first kappa shape index (κ1) is 11.9. The topological polar surface area (TPSA) is 50.2 Å². The van der Waals surface area contributed by atoms with E-state index in [0.717, 1.165) is 0 Å². The number of carboxylic acids is 1. The Balaban J connectivity index is 0.000000671. The van der Waals surface area contributed by atoms with E-state index in [4.69, 9.17) is 16.7 Å². The van der Waals surface area contributed by atoms with Crippen LogP contribution in [0.2, 0.25) is 5.15 Å². The molecule has 4 heteroatoms. The molecule has 0 radical (unpaired) electrons. The highest BCUT2D eigenvalue weighted by Crippen LogP contribution is 2.15. The SMILES string of the molecule is CC.Cc1ccnc(Cl)c1C(=O)O. The summed E-state index contributed by atoms with van der Waals surface area (Å²) >= 11 is 5.53. The molecule has 1 heterocycles. The fraction of sp³-hybridized carbons (Fsp3) is 0.333. The van der Waals surface area contributed by atoms with Gasteiger partial charge in [-0.1, -0.05) is 25.4 Å². The number of carbonyl (C=O) groups is 1. The van der Waals surface area contributed by atoms with Gasteiger partial charge in [-0.3, -0.25) is 0 Å². The second-order valence-electron chi connectivity index (χ2n) is 2.10. The summed E-state index contributed by atoms with van der Waals surface area (Å²) in [5.41, 5.74) is 0.701. The number of carboxylic acid groups (broad SMARTS) is 1. The number of hydrogen-bond donors (Lipinski definition) is 1. The van der Waals surface area contributed by atoms with Crippen molar-refractivity contribution in [2.24, 2.45) is 0 Å². The molecule has 1 rings (SSSR count). The van der Waals surface area contributed by atoms with E-state index in [1.807, 2.05) is 13.8 Å². The molecule has 1 N–H and O–H groups in total. The summed E-state index contributed by atoms with van der Waals surface area (Å²) in [4.78, 5) is 14.2. The van der Waals surface area contributed by atoms with Gasteiger partial charge in [0.25, 0.3) is 0 Å². The zero-order chi connectivity index (χ0) is 10.4. The second kappa shape index (κ2) is 5.54. The predicted molar refractivity (Wildman–Crippen MR) is 52.3 cm³/mol. The molecule has 0 aromatic carbocycles. The molecule has 1 aromatic heterocycles. The van der Waals surface area contributed by atoms with Crippen molar-refractivity contribution in [1.29, 1.82) is 0 Å². The summed E-state index contributed by atoms with van der Waals surface area (Å²) in [6, 6.07) is 1.61. The zero-order valence-electron chi connectivity index (χ0n) is 7.84.